The first-order valence-corrected chi connectivity index (χ1v) is 11.6. The third kappa shape index (κ3) is 9.60. The molecule has 0 bridgehead atoms. The molecule has 0 spiro atoms. The number of likely N-dealkylation sites (tertiary alicyclic amines) is 1. The Morgan fingerprint density at radius 2 is 1.72 bits per heavy atom. The van der Waals surface area contributed by atoms with Gasteiger partial charge in [0.05, 0.1) is 12.7 Å². The molecule has 2 fully saturated rings. The SMILES string of the molecule is O=C(NCCNCC(O)COc1ccc(OCCOCC2CC2)cc1)N1CCC(O)CC1. The smallest absolute Gasteiger partial charge is 0.317 e. The van der Waals surface area contributed by atoms with Gasteiger partial charge in [-0.1, -0.05) is 0 Å². The molecular formula is C23H37N3O6. The largest absolute Gasteiger partial charge is 0.491 e. The fourth-order valence-corrected chi connectivity index (χ4v) is 3.34. The summed E-state index contributed by atoms with van der Waals surface area (Å²) in [6, 6.07) is 7.20. The van der Waals surface area contributed by atoms with Crippen LogP contribution in [0.4, 0.5) is 4.79 Å². The normalized spacial score (nSPS) is 17.8. The van der Waals surface area contributed by atoms with E-state index in [0.29, 0.717) is 64.5 Å². The van der Waals surface area contributed by atoms with E-state index in [1.54, 1.807) is 4.90 Å². The lowest BCUT2D eigenvalue weighted by molar-refractivity contribution is 0.0925. The van der Waals surface area contributed by atoms with Gasteiger partial charge >= 0.3 is 6.03 Å². The van der Waals surface area contributed by atoms with Crippen LogP contribution in [0, 0.1) is 5.92 Å². The molecule has 4 N–H and O–H groups in total. The van der Waals surface area contributed by atoms with Crippen molar-refractivity contribution in [2.45, 2.75) is 37.9 Å². The van der Waals surface area contributed by atoms with Gasteiger partial charge in [-0.25, -0.2) is 4.79 Å². The highest BCUT2D eigenvalue weighted by atomic mass is 16.5. The average molecular weight is 452 g/mol. The number of aliphatic hydroxyl groups is 2. The van der Waals surface area contributed by atoms with E-state index in [9.17, 15) is 15.0 Å². The van der Waals surface area contributed by atoms with E-state index in [-0.39, 0.29) is 18.7 Å². The van der Waals surface area contributed by atoms with E-state index in [1.165, 1.54) is 12.8 Å². The maximum absolute atomic E-state index is 12.0. The fraction of sp³-hybridized carbons (Fsp3) is 0.696. The van der Waals surface area contributed by atoms with Crippen LogP contribution in [-0.2, 0) is 4.74 Å². The Bertz CT molecular complexity index is 662. The molecule has 9 nitrogen and oxygen atoms in total. The molecule has 1 saturated carbocycles. The zero-order valence-corrected chi connectivity index (χ0v) is 18.7. The molecular weight excluding hydrogens is 414 g/mol. The Morgan fingerprint density at radius 1 is 1.03 bits per heavy atom. The lowest BCUT2D eigenvalue weighted by Gasteiger charge is -2.29. The van der Waals surface area contributed by atoms with E-state index in [0.717, 1.165) is 18.3 Å². The topological polar surface area (TPSA) is 113 Å². The van der Waals surface area contributed by atoms with Crippen LogP contribution < -0.4 is 20.1 Å². The molecule has 1 aliphatic heterocycles. The van der Waals surface area contributed by atoms with Crippen molar-refractivity contribution in [3.8, 4) is 11.5 Å². The van der Waals surface area contributed by atoms with Crippen molar-refractivity contribution in [3.05, 3.63) is 24.3 Å². The highest BCUT2D eigenvalue weighted by Gasteiger charge is 2.21. The van der Waals surface area contributed by atoms with Gasteiger partial charge in [0.2, 0.25) is 0 Å². The second-order valence-electron chi connectivity index (χ2n) is 8.46. The van der Waals surface area contributed by atoms with E-state index in [4.69, 9.17) is 14.2 Å². The number of ether oxygens (including phenoxy) is 3. The maximum atomic E-state index is 12.0. The predicted molar refractivity (Wildman–Crippen MR) is 120 cm³/mol. The van der Waals surface area contributed by atoms with Crippen LogP contribution in [0.1, 0.15) is 25.7 Å². The number of aliphatic hydroxyl groups excluding tert-OH is 2. The molecule has 32 heavy (non-hydrogen) atoms. The van der Waals surface area contributed by atoms with Crippen molar-refractivity contribution in [2.24, 2.45) is 5.92 Å². The highest BCUT2D eigenvalue weighted by Crippen LogP contribution is 2.28. The number of amides is 2. The molecule has 3 rings (SSSR count). The molecule has 0 aromatic heterocycles. The summed E-state index contributed by atoms with van der Waals surface area (Å²) in [5, 5.41) is 25.5. The molecule has 2 aliphatic rings. The molecule has 1 aliphatic carbocycles. The summed E-state index contributed by atoms with van der Waals surface area (Å²) < 4.78 is 16.8. The van der Waals surface area contributed by atoms with Crippen LogP contribution in [0.3, 0.4) is 0 Å². The van der Waals surface area contributed by atoms with Gasteiger partial charge in [0, 0.05) is 39.3 Å². The first-order valence-electron chi connectivity index (χ1n) is 11.6. The number of urea groups is 1. The zero-order chi connectivity index (χ0) is 22.6. The van der Waals surface area contributed by atoms with Crippen molar-refractivity contribution in [2.75, 3.05) is 59.2 Å². The van der Waals surface area contributed by atoms with Gasteiger partial charge in [-0.2, -0.15) is 0 Å². The lowest BCUT2D eigenvalue weighted by Crippen LogP contribution is -2.47. The Balaban J connectivity index is 1.18. The predicted octanol–water partition coefficient (Wildman–Crippen LogP) is 0.988. The summed E-state index contributed by atoms with van der Waals surface area (Å²) in [6.45, 7) is 4.69. The molecule has 2 amide bonds. The molecule has 1 saturated heterocycles. The number of hydrogen-bond donors (Lipinski definition) is 4. The number of carbonyl (C=O) groups excluding carboxylic acids is 1. The molecule has 1 aromatic rings. The monoisotopic (exact) mass is 451 g/mol. The Morgan fingerprint density at radius 3 is 2.41 bits per heavy atom. The van der Waals surface area contributed by atoms with Gasteiger partial charge in [0.15, 0.2) is 0 Å². The summed E-state index contributed by atoms with van der Waals surface area (Å²) in [5.74, 6) is 2.19. The van der Waals surface area contributed by atoms with Gasteiger partial charge in [0.25, 0.3) is 0 Å². The fourth-order valence-electron chi connectivity index (χ4n) is 3.34. The van der Waals surface area contributed by atoms with Crippen LogP contribution in [0.15, 0.2) is 24.3 Å². The molecule has 1 aromatic carbocycles. The van der Waals surface area contributed by atoms with E-state index in [2.05, 4.69) is 10.6 Å². The van der Waals surface area contributed by atoms with Gasteiger partial charge in [-0.3, -0.25) is 0 Å². The lowest BCUT2D eigenvalue weighted by atomic mass is 10.1. The number of hydrogen-bond acceptors (Lipinski definition) is 7. The molecule has 1 unspecified atom stereocenters. The third-order valence-corrected chi connectivity index (χ3v) is 5.52. The summed E-state index contributed by atoms with van der Waals surface area (Å²) in [7, 11) is 0. The van der Waals surface area contributed by atoms with Crippen molar-refractivity contribution in [3.63, 3.8) is 0 Å². The zero-order valence-electron chi connectivity index (χ0n) is 18.7. The second-order valence-corrected chi connectivity index (χ2v) is 8.46. The average Bonchev–Trinajstić information content (AvgIpc) is 3.63. The molecule has 1 heterocycles. The van der Waals surface area contributed by atoms with E-state index >= 15 is 0 Å². The van der Waals surface area contributed by atoms with Crippen LogP contribution >= 0.6 is 0 Å². The minimum Gasteiger partial charge on any atom is -0.491 e. The number of benzene rings is 1. The van der Waals surface area contributed by atoms with Crippen LogP contribution in [-0.4, -0.2) is 92.5 Å². The minimum atomic E-state index is -0.658. The van der Waals surface area contributed by atoms with Gasteiger partial charge in [-0.05, 0) is 55.9 Å². The third-order valence-electron chi connectivity index (χ3n) is 5.52. The summed E-state index contributed by atoms with van der Waals surface area (Å²) in [6.07, 6.45) is 2.88. The summed E-state index contributed by atoms with van der Waals surface area (Å²) in [5.41, 5.74) is 0. The number of carbonyl (C=O) groups is 1. The number of piperidine rings is 1. The Kier molecular flexibility index (Phi) is 10.3. The van der Waals surface area contributed by atoms with E-state index < -0.39 is 6.10 Å². The molecule has 9 heteroatoms. The molecule has 0 radical (unpaired) electrons. The van der Waals surface area contributed by atoms with Crippen LogP contribution in [0.5, 0.6) is 11.5 Å². The first-order chi connectivity index (χ1) is 15.6. The molecule has 1 atom stereocenters. The van der Waals surface area contributed by atoms with Crippen molar-refractivity contribution in [1.82, 2.24) is 15.5 Å². The minimum absolute atomic E-state index is 0.110. The van der Waals surface area contributed by atoms with Crippen LogP contribution in [0.25, 0.3) is 0 Å². The summed E-state index contributed by atoms with van der Waals surface area (Å²) in [4.78, 5) is 13.7. The van der Waals surface area contributed by atoms with Gasteiger partial charge < -0.3 is 40.0 Å². The first kappa shape index (κ1) is 24.6. The number of rotatable bonds is 14. The van der Waals surface area contributed by atoms with E-state index in [1.807, 2.05) is 24.3 Å². The Labute approximate surface area is 190 Å². The van der Waals surface area contributed by atoms with Gasteiger partial charge in [-0.15, -0.1) is 0 Å². The quantitative estimate of drug-likeness (QED) is 0.312. The Hall–Kier alpha value is -2.07. The summed E-state index contributed by atoms with van der Waals surface area (Å²) >= 11 is 0. The molecule has 180 valence electrons. The van der Waals surface area contributed by atoms with Crippen molar-refractivity contribution in [1.29, 1.82) is 0 Å². The van der Waals surface area contributed by atoms with Crippen LogP contribution in [0.2, 0.25) is 0 Å². The highest BCUT2D eigenvalue weighted by molar-refractivity contribution is 5.74. The number of nitrogens with zero attached hydrogens (tertiary/aromatic N) is 1. The second kappa shape index (κ2) is 13.5. The van der Waals surface area contributed by atoms with Gasteiger partial charge in [0.1, 0.15) is 30.8 Å². The number of nitrogens with one attached hydrogen (secondary N) is 2. The maximum Gasteiger partial charge on any atom is 0.317 e. The van der Waals surface area contributed by atoms with Crippen molar-refractivity contribution >= 4 is 6.03 Å². The standard InChI is InChI=1S/C23H37N3O6/c27-19-7-11-26(12-8-19)23(29)25-10-9-24-15-20(28)17-32-22-5-3-21(4-6-22)31-14-13-30-16-18-1-2-18/h3-6,18-20,24,27-28H,1-2,7-17H2,(H,25,29). The van der Waals surface area contributed by atoms with Crippen molar-refractivity contribution < 1.29 is 29.2 Å².